The molecule has 0 fully saturated rings. The summed E-state index contributed by atoms with van der Waals surface area (Å²) >= 11 is 0. The van der Waals surface area contributed by atoms with Gasteiger partial charge in [0.2, 0.25) is 0 Å². The van der Waals surface area contributed by atoms with Gasteiger partial charge in [-0.2, -0.15) is 0 Å². The first-order valence-electron chi connectivity index (χ1n) is 3.81. The van der Waals surface area contributed by atoms with Crippen LogP contribution < -0.4 is 0 Å². The van der Waals surface area contributed by atoms with Crippen LogP contribution in [-0.2, 0) is 0 Å². The molecule has 3 heteroatoms. The summed E-state index contributed by atoms with van der Waals surface area (Å²) in [6.07, 6.45) is 0. The summed E-state index contributed by atoms with van der Waals surface area (Å²) < 4.78 is 5.24. The summed E-state index contributed by atoms with van der Waals surface area (Å²) in [5.41, 5.74) is 0.650. The molecule has 3 nitrogen and oxygen atoms in total. The molecule has 0 saturated carbocycles. The first kappa shape index (κ1) is 8.84. The SMILES string of the molecule is Cc1cc(C(=O)N(C)C)c(C)o1. The van der Waals surface area contributed by atoms with Crippen molar-refractivity contribution in [1.82, 2.24) is 4.90 Å². The van der Waals surface area contributed by atoms with Gasteiger partial charge in [-0.25, -0.2) is 0 Å². The third kappa shape index (κ3) is 1.49. The van der Waals surface area contributed by atoms with Gasteiger partial charge in [0.15, 0.2) is 0 Å². The van der Waals surface area contributed by atoms with E-state index in [4.69, 9.17) is 4.42 Å². The van der Waals surface area contributed by atoms with Crippen LogP contribution >= 0.6 is 0 Å². The molecule has 0 spiro atoms. The molecule has 0 atom stereocenters. The molecular formula is C9H13NO2. The smallest absolute Gasteiger partial charge is 0.256 e. The molecule has 1 aromatic rings. The predicted molar refractivity (Wildman–Crippen MR) is 46.2 cm³/mol. The lowest BCUT2D eigenvalue weighted by molar-refractivity contribution is 0.0826. The zero-order chi connectivity index (χ0) is 9.30. The number of hydrogen-bond donors (Lipinski definition) is 0. The van der Waals surface area contributed by atoms with E-state index in [-0.39, 0.29) is 5.91 Å². The average Bonchev–Trinajstić information content (AvgIpc) is 2.28. The van der Waals surface area contributed by atoms with E-state index in [2.05, 4.69) is 0 Å². The van der Waals surface area contributed by atoms with E-state index in [1.165, 1.54) is 4.90 Å². The van der Waals surface area contributed by atoms with Gasteiger partial charge in [-0.05, 0) is 19.9 Å². The van der Waals surface area contributed by atoms with Gasteiger partial charge in [-0.1, -0.05) is 0 Å². The maximum absolute atomic E-state index is 11.4. The molecule has 0 aliphatic heterocycles. The Balaban J connectivity index is 3.02. The Morgan fingerprint density at radius 2 is 2.00 bits per heavy atom. The number of nitrogens with zero attached hydrogens (tertiary/aromatic N) is 1. The van der Waals surface area contributed by atoms with E-state index in [1.807, 2.05) is 6.92 Å². The van der Waals surface area contributed by atoms with Gasteiger partial charge < -0.3 is 9.32 Å². The van der Waals surface area contributed by atoms with E-state index in [1.54, 1.807) is 27.1 Å². The van der Waals surface area contributed by atoms with Crippen LogP contribution in [-0.4, -0.2) is 24.9 Å². The molecule has 1 heterocycles. The molecule has 0 unspecified atom stereocenters. The third-order valence-electron chi connectivity index (χ3n) is 1.68. The molecule has 1 aromatic heterocycles. The van der Waals surface area contributed by atoms with Gasteiger partial charge >= 0.3 is 0 Å². The summed E-state index contributed by atoms with van der Waals surface area (Å²) in [7, 11) is 3.45. The summed E-state index contributed by atoms with van der Waals surface area (Å²) in [5.74, 6) is 1.45. The largest absolute Gasteiger partial charge is 0.466 e. The minimum Gasteiger partial charge on any atom is -0.466 e. The van der Waals surface area contributed by atoms with Crippen LogP contribution in [0.5, 0.6) is 0 Å². The fraction of sp³-hybridized carbons (Fsp3) is 0.444. The molecule has 1 rings (SSSR count). The van der Waals surface area contributed by atoms with Crippen LogP contribution in [0.25, 0.3) is 0 Å². The lowest BCUT2D eigenvalue weighted by Gasteiger charge is -2.07. The topological polar surface area (TPSA) is 33.5 Å². The number of furan rings is 1. The first-order chi connectivity index (χ1) is 5.52. The number of rotatable bonds is 1. The van der Waals surface area contributed by atoms with Crippen molar-refractivity contribution in [2.75, 3.05) is 14.1 Å². The van der Waals surface area contributed by atoms with Crippen molar-refractivity contribution in [3.05, 3.63) is 23.2 Å². The molecule has 0 aromatic carbocycles. The van der Waals surface area contributed by atoms with Gasteiger partial charge in [-0.3, -0.25) is 4.79 Å². The lowest BCUT2D eigenvalue weighted by atomic mass is 10.2. The van der Waals surface area contributed by atoms with Crippen molar-refractivity contribution in [2.45, 2.75) is 13.8 Å². The fourth-order valence-corrected chi connectivity index (χ4v) is 1.08. The number of hydrogen-bond acceptors (Lipinski definition) is 2. The number of carbonyl (C=O) groups is 1. The van der Waals surface area contributed by atoms with Crippen molar-refractivity contribution < 1.29 is 9.21 Å². The quantitative estimate of drug-likeness (QED) is 0.636. The number of carbonyl (C=O) groups excluding carboxylic acids is 1. The molecule has 0 aliphatic rings. The van der Waals surface area contributed by atoms with Crippen molar-refractivity contribution >= 4 is 5.91 Å². The molecule has 12 heavy (non-hydrogen) atoms. The van der Waals surface area contributed by atoms with E-state index < -0.39 is 0 Å². The van der Waals surface area contributed by atoms with Gasteiger partial charge in [0.05, 0.1) is 5.56 Å². The van der Waals surface area contributed by atoms with Crippen LogP contribution in [0.3, 0.4) is 0 Å². The molecule has 0 aliphatic carbocycles. The van der Waals surface area contributed by atoms with Gasteiger partial charge in [0.1, 0.15) is 11.5 Å². The molecular weight excluding hydrogens is 154 g/mol. The second-order valence-electron chi connectivity index (χ2n) is 3.03. The Bertz CT molecular complexity index is 299. The summed E-state index contributed by atoms with van der Waals surface area (Å²) in [6, 6.07) is 1.76. The maximum atomic E-state index is 11.4. The highest BCUT2D eigenvalue weighted by molar-refractivity contribution is 5.94. The van der Waals surface area contributed by atoms with Gasteiger partial charge in [-0.15, -0.1) is 0 Å². The Morgan fingerprint density at radius 1 is 1.42 bits per heavy atom. The number of aryl methyl sites for hydroxylation is 2. The zero-order valence-electron chi connectivity index (χ0n) is 7.84. The van der Waals surface area contributed by atoms with Crippen molar-refractivity contribution in [3.8, 4) is 0 Å². The summed E-state index contributed by atoms with van der Waals surface area (Å²) in [4.78, 5) is 13.0. The maximum Gasteiger partial charge on any atom is 0.256 e. The Kier molecular flexibility index (Phi) is 2.22. The lowest BCUT2D eigenvalue weighted by Crippen LogP contribution is -2.21. The van der Waals surface area contributed by atoms with Crippen LogP contribution in [0.2, 0.25) is 0 Å². The summed E-state index contributed by atoms with van der Waals surface area (Å²) in [5, 5.41) is 0. The van der Waals surface area contributed by atoms with Crippen molar-refractivity contribution in [3.63, 3.8) is 0 Å². The number of amides is 1. The highest BCUT2D eigenvalue weighted by atomic mass is 16.3. The standard InChI is InChI=1S/C9H13NO2/c1-6-5-8(7(2)12-6)9(11)10(3)4/h5H,1-4H3. The zero-order valence-corrected chi connectivity index (χ0v) is 7.84. The Hall–Kier alpha value is -1.25. The predicted octanol–water partition coefficient (Wildman–Crippen LogP) is 1.60. The minimum atomic E-state index is -0.00986. The highest BCUT2D eigenvalue weighted by Gasteiger charge is 2.14. The molecule has 0 bridgehead atoms. The molecule has 0 saturated heterocycles. The Morgan fingerprint density at radius 3 is 2.33 bits per heavy atom. The Labute approximate surface area is 72.0 Å². The third-order valence-corrected chi connectivity index (χ3v) is 1.68. The van der Waals surface area contributed by atoms with Crippen LogP contribution in [0, 0.1) is 13.8 Å². The molecule has 0 radical (unpaired) electrons. The molecule has 66 valence electrons. The first-order valence-corrected chi connectivity index (χ1v) is 3.81. The molecule has 1 amide bonds. The van der Waals surface area contributed by atoms with E-state index >= 15 is 0 Å². The monoisotopic (exact) mass is 167 g/mol. The average molecular weight is 167 g/mol. The van der Waals surface area contributed by atoms with E-state index in [0.29, 0.717) is 11.3 Å². The van der Waals surface area contributed by atoms with Crippen LogP contribution in [0.4, 0.5) is 0 Å². The second kappa shape index (κ2) is 3.01. The normalized spacial score (nSPS) is 10.0. The van der Waals surface area contributed by atoms with Gasteiger partial charge in [0, 0.05) is 14.1 Å². The minimum absolute atomic E-state index is 0.00986. The van der Waals surface area contributed by atoms with E-state index in [9.17, 15) is 4.79 Å². The molecule has 0 N–H and O–H groups in total. The highest BCUT2D eigenvalue weighted by Crippen LogP contribution is 2.14. The van der Waals surface area contributed by atoms with Crippen molar-refractivity contribution in [2.24, 2.45) is 0 Å². The van der Waals surface area contributed by atoms with Crippen LogP contribution in [0.15, 0.2) is 10.5 Å². The second-order valence-corrected chi connectivity index (χ2v) is 3.03. The van der Waals surface area contributed by atoms with E-state index in [0.717, 1.165) is 5.76 Å². The van der Waals surface area contributed by atoms with Crippen LogP contribution in [0.1, 0.15) is 21.9 Å². The summed E-state index contributed by atoms with van der Waals surface area (Å²) in [6.45, 7) is 3.63. The van der Waals surface area contributed by atoms with Gasteiger partial charge in [0.25, 0.3) is 5.91 Å². The van der Waals surface area contributed by atoms with Crippen molar-refractivity contribution in [1.29, 1.82) is 0 Å². The fourth-order valence-electron chi connectivity index (χ4n) is 1.08.